The highest BCUT2D eigenvalue weighted by molar-refractivity contribution is 5.79. The van der Waals surface area contributed by atoms with Crippen molar-refractivity contribution >= 4 is 5.78 Å². The molecule has 5 saturated carbocycles. The van der Waals surface area contributed by atoms with Crippen LogP contribution in [0.25, 0.3) is 0 Å². The normalized spacial score (nSPS) is 62.4. The lowest BCUT2D eigenvalue weighted by molar-refractivity contribution is -0.130. The Labute approximate surface area is 153 Å². The van der Waals surface area contributed by atoms with Gasteiger partial charge in [-0.2, -0.15) is 0 Å². The van der Waals surface area contributed by atoms with Gasteiger partial charge in [0.05, 0.1) is 5.60 Å². The van der Waals surface area contributed by atoms with Crippen LogP contribution in [0.4, 0.5) is 0 Å². The second kappa shape index (κ2) is 4.72. The van der Waals surface area contributed by atoms with E-state index in [1.807, 2.05) is 6.92 Å². The van der Waals surface area contributed by atoms with Gasteiger partial charge >= 0.3 is 0 Å². The van der Waals surface area contributed by atoms with E-state index in [2.05, 4.69) is 20.8 Å². The number of rotatable bonds is 1. The predicted molar refractivity (Wildman–Crippen MR) is 99.0 cm³/mol. The van der Waals surface area contributed by atoms with Crippen LogP contribution >= 0.6 is 0 Å². The van der Waals surface area contributed by atoms with Gasteiger partial charge in [-0.15, -0.1) is 0 Å². The third-order valence-electron chi connectivity index (χ3n) is 10.7. The number of fused-ring (bicyclic) bond motifs is 3. The molecule has 0 aliphatic heterocycles. The molecule has 0 spiro atoms. The highest BCUT2D eigenvalue weighted by Gasteiger charge is 2.81. The molecule has 25 heavy (non-hydrogen) atoms. The molecule has 0 aromatic carbocycles. The average Bonchev–Trinajstić information content (AvgIpc) is 2.87. The molecule has 2 nitrogen and oxygen atoms in total. The lowest BCUT2D eigenvalue weighted by Crippen LogP contribution is -2.51. The number of Topliss-reactive ketones (excluding diaryl/α,β-unsaturated/α-hetero) is 1. The van der Waals surface area contributed by atoms with E-state index >= 15 is 0 Å². The molecular formula is C23H36O2. The summed E-state index contributed by atoms with van der Waals surface area (Å²) in [6.45, 7) is 8.87. The number of carbonyl (C=O) groups excluding carboxylic acids is 1. The third kappa shape index (κ3) is 1.79. The maximum atomic E-state index is 12.3. The Balaban J connectivity index is 1.48. The van der Waals surface area contributed by atoms with E-state index in [4.69, 9.17) is 0 Å². The SMILES string of the molecule is CC(=O)[C@H]1CC[C@H]2[C@@H]3CC[C@]45C[C@](C)(O)CC[C@]4([C@@H]5C)[C@H]3CC[C@]12C. The smallest absolute Gasteiger partial charge is 0.133 e. The van der Waals surface area contributed by atoms with E-state index in [-0.39, 0.29) is 5.41 Å². The number of carbonyl (C=O) groups is 1. The van der Waals surface area contributed by atoms with Crippen LogP contribution in [0, 0.1) is 45.8 Å². The maximum Gasteiger partial charge on any atom is 0.133 e. The average molecular weight is 345 g/mol. The van der Waals surface area contributed by atoms with Gasteiger partial charge in [0.2, 0.25) is 0 Å². The molecule has 0 bridgehead atoms. The Bertz CT molecular complexity index is 624. The molecule has 0 amide bonds. The fraction of sp³-hybridized carbons (Fsp3) is 0.957. The van der Waals surface area contributed by atoms with E-state index in [1.165, 1.54) is 38.5 Å². The number of hydrogen-bond donors (Lipinski definition) is 1. The first-order chi connectivity index (χ1) is 11.7. The Morgan fingerprint density at radius 1 is 0.960 bits per heavy atom. The zero-order valence-corrected chi connectivity index (χ0v) is 16.6. The molecule has 140 valence electrons. The van der Waals surface area contributed by atoms with Crippen molar-refractivity contribution in [1.82, 2.24) is 0 Å². The first-order valence-corrected chi connectivity index (χ1v) is 10.9. The summed E-state index contributed by atoms with van der Waals surface area (Å²) >= 11 is 0. The third-order valence-corrected chi connectivity index (χ3v) is 10.7. The van der Waals surface area contributed by atoms with Gasteiger partial charge < -0.3 is 5.11 Å². The van der Waals surface area contributed by atoms with E-state index < -0.39 is 5.60 Å². The molecule has 5 rings (SSSR count). The van der Waals surface area contributed by atoms with E-state index in [1.54, 1.807) is 0 Å². The molecule has 0 heterocycles. The lowest BCUT2D eigenvalue weighted by atomic mass is 9.48. The number of aliphatic hydroxyl groups is 1. The monoisotopic (exact) mass is 344 g/mol. The van der Waals surface area contributed by atoms with Crippen LogP contribution in [-0.2, 0) is 4.79 Å². The summed E-state index contributed by atoms with van der Waals surface area (Å²) in [5.74, 6) is 4.08. The van der Waals surface area contributed by atoms with E-state index in [9.17, 15) is 9.90 Å². The Morgan fingerprint density at radius 2 is 1.72 bits per heavy atom. The highest BCUT2D eigenvalue weighted by atomic mass is 16.3. The van der Waals surface area contributed by atoms with Gasteiger partial charge in [0.15, 0.2) is 0 Å². The van der Waals surface area contributed by atoms with Crippen molar-refractivity contribution in [2.45, 2.75) is 91.1 Å². The Morgan fingerprint density at radius 3 is 2.44 bits per heavy atom. The number of hydrogen-bond acceptors (Lipinski definition) is 2. The van der Waals surface area contributed by atoms with Gasteiger partial charge in [-0.1, -0.05) is 13.8 Å². The van der Waals surface area contributed by atoms with Crippen molar-refractivity contribution < 1.29 is 9.90 Å². The first-order valence-electron chi connectivity index (χ1n) is 10.9. The summed E-state index contributed by atoms with van der Waals surface area (Å²) in [5.41, 5.74) is 0.829. The molecule has 0 unspecified atom stereocenters. The molecule has 9 atom stereocenters. The van der Waals surface area contributed by atoms with Gasteiger partial charge in [-0.05, 0) is 112 Å². The summed E-state index contributed by atoms with van der Waals surface area (Å²) in [7, 11) is 0. The molecular weight excluding hydrogens is 308 g/mol. The second-order valence-electron chi connectivity index (χ2n) is 11.3. The number of ketones is 1. The second-order valence-corrected chi connectivity index (χ2v) is 11.3. The van der Waals surface area contributed by atoms with Crippen LogP contribution in [0.5, 0.6) is 0 Å². The first kappa shape index (κ1) is 16.8. The van der Waals surface area contributed by atoms with Crippen LogP contribution < -0.4 is 0 Å². The standard InChI is InChI=1S/C23H36O2/c1-14(24)17-5-6-18-16-7-10-22-13-20(3,25)11-12-23(22,15(22)2)19(16)8-9-21(17,18)4/h15-19,25H,5-13H2,1-4H3/t15-,16+,17-,18+,19+,20-,21-,22-,23+/m1/s1. The fourth-order valence-electron chi connectivity index (χ4n) is 9.79. The largest absolute Gasteiger partial charge is 0.390 e. The summed E-state index contributed by atoms with van der Waals surface area (Å²) in [6.07, 6.45) is 11.0. The molecule has 0 aromatic rings. The van der Waals surface area contributed by atoms with E-state index in [0.717, 1.165) is 42.9 Å². The minimum Gasteiger partial charge on any atom is -0.390 e. The van der Waals surface area contributed by atoms with Gasteiger partial charge in [-0.3, -0.25) is 4.79 Å². The summed E-state index contributed by atoms with van der Waals surface area (Å²) < 4.78 is 0. The summed E-state index contributed by atoms with van der Waals surface area (Å²) in [6, 6.07) is 0. The highest BCUT2D eigenvalue weighted by Crippen LogP contribution is 2.86. The topological polar surface area (TPSA) is 37.3 Å². The van der Waals surface area contributed by atoms with Crippen LogP contribution in [-0.4, -0.2) is 16.5 Å². The molecule has 0 saturated heterocycles. The minimum absolute atomic E-state index is 0.280. The van der Waals surface area contributed by atoms with Crippen molar-refractivity contribution in [3.05, 3.63) is 0 Å². The molecule has 1 N–H and O–H groups in total. The lowest BCUT2D eigenvalue weighted by Gasteiger charge is -2.56. The van der Waals surface area contributed by atoms with E-state index in [0.29, 0.717) is 22.5 Å². The quantitative estimate of drug-likeness (QED) is 0.728. The van der Waals surface area contributed by atoms with Gasteiger partial charge in [0.25, 0.3) is 0 Å². The van der Waals surface area contributed by atoms with Gasteiger partial charge in [0.1, 0.15) is 5.78 Å². The summed E-state index contributed by atoms with van der Waals surface area (Å²) in [4.78, 5) is 12.3. The van der Waals surface area contributed by atoms with Crippen LogP contribution in [0.1, 0.15) is 85.5 Å². The van der Waals surface area contributed by atoms with Gasteiger partial charge in [0, 0.05) is 5.92 Å². The Kier molecular flexibility index (Phi) is 3.17. The molecule has 2 heteroatoms. The Hall–Kier alpha value is -0.370. The summed E-state index contributed by atoms with van der Waals surface area (Å²) in [5, 5.41) is 10.8. The molecule has 5 aliphatic carbocycles. The molecule has 5 aliphatic rings. The maximum absolute atomic E-state index is 12.3. The van der Waals surface area contributed by atoms with Crippen molar-refractivity contribution in [3.63, 3.8) is 0 Å². The van der Waals surface area contributed by atoms with Gasteiger partial charge in [-0.25, -0.2) is 0 Å². The minimum atomic E-state index is -0.433. The molecule has 0 aromatic heterocycles. The van der Waals surface area contributed by atoms with Crippen LogP contribution in [0.15, 0.2) is 0 Å². The fourth-order valence-corrected chi connectivity index (χ4v) is 9.79. The van der Waals surface area contributed by atoms with Crippen molar-refractivity contribution in [2.75, 3.05) is 0 Å². The molecule has 0 radical (unpaired) electrons. The van der Waals surface area contributed by atoms with Crippen molar-refractivity contribution in [2.24, 2.45) is 45.8 Å². The zero-order chi connectivity index (χ0) is 17.8. The van der Waals surface area contributed by atoms with Crippen LogP contribution in [0.3, 0.4) is 0 Å². The molecule has 5 fully saturated rings. The van der Waals surface area contributed by atoms with Crippen molar-refractivity contribution in [3.8, 4) is 0 Å². The van der Waals surface area contributed by atoms with Crippen LogP contribution in [0.2, 0.25) is 0 Å². The van der Waals surface area contributed by atoms with Crippen molar-refractivity contribution in [1.29, 1.82) is 0 Å². The zero-order valence-electron chi connectivity index (χ0n) is 16.6. The predicted octanol–water partition coefficient (Wildman–Crippen LogP) is 4.99.